The average Bonchev–Trinajstić information content (AvgIpc) is 3.32. The second-order valence-corrected chi connectivity index (χ2v) is 11.3. The number of aliphatic hydroxyl groups excluding tert-OH is 2. The number of phenolic OH excluding ortho intramolecular Hbond substituents is 1. The minimum absolute atomic E-state index is 0.0247. The highest BCUT2D eigenvalue weighted by molar-refractivity contribution is 6.61. The summed E-state index contributed by atoms with van der Waals surface area (Å²) < 4.78 is 5.16. The van der Waals surface area contributed by atoms with E-state index >= 15 is 0 Å². The van der Waals surface area contributed by atoms with E-state index in [9.17, 15) is 44.6 Å². The molecule has 1 aliphatic heterocycles. The Bertz CT molecular complexity index is 1700. The van der Waals surface area contributed by atoms with Gasteiger partial charge in [0.15, 0.2) is 11.4 Å². The third kappa shape index (κ3) is 4.20. The van der Waals surface area contributed by atoms with Gasteiger partial charge in [0.25, 0.3) is 5.91 Å². The maximum atomic E-state index is 13.7. The summed E-state index contributed by atoms with van der Waals surface area (Å²) in [6.07, 6.45) is -0.373. The van der Waals surface area contributed by atoms with Crippen molar-refractivity contribution >= 4 is 53.1 Å². The Labute approximate surface area is 244 Å². The minimum atomic E-state index is -2.65. The van der Waals surface area contributed by atoms with E-state index in [1.807, 2.05) is 0 Å². The lowest BCUT2D eigenvalue weighted by Crippen LogP contribution is -2.58. The Morgan fingerprint density at radius 3 is 2.63 bits per heavy atom. The van der Waals surface area contributed by atoms with Crippen molar-refractivity contribution in [2.45, 2.75) is 37.9 Å². The number of fused-ring (bicyclic) bond motifs is 4. The number of amides is 2. The highest BCUT2D eigenvalue weighted by atomic mass is 16.5. The van der Waals surface area contributed by atoms with Gasteiger partial charge in [-0.3, -0.25) is 19.2 Å². The minimum Gasteiger partial charge on any atom is -0.508 e. The van der Waals surface area contributed by atoms with E-state index in [0.717, 1.165) is 5.56 Å². The molecule has 1 fully saturated rings. The van der Waals surface area contributed by atoms with Crippen LogP contribution in [-0.4, -0.2) is 68.1 Å². The Morgan fingerprint density at radius 1 is 1.16 bits per heavy atom. The van der Waals surface area contributed by atoms with Gasteiger partial charge in [0, 0.05) is 23.6 Å². The molecule has 2 aromatic rings. The average molecular weight is 589 g/mol. The van der Waals surface area contributed by atoms with Crippen LogP contribution < -0.4 is 21.8 Å². The molecule has 13 nitrogen and oxygen atoms in total. The van der Waals surface area contributed by atoms with Gasteiger partial charge in [-0.05, 0) is 53.0 Å². The van der Waals surface area contributed by atoms with Crippen LogP contribution in [0.3, 0.4) is 0 Å². The number of hydrogen-bond acceptors (Lipinski definition) is 11. The van der Waals surface area contributed by atoms with E-state index < -0.39 is 83.1 Å². The molecule has 1 heterocycles. The van der Waals surface area contributed by atoms with Crippen LogP contribution >= 0.6 is 0 Å². The van der Waals surface area contributed by atoms with E-state index in [1.165, 1.54) is 6.07 Å². The first kappa shape index (κ1) is 28.5. The number of rotatable bonds is 5. The molecular weight excluding hydrogens is 561 g/mol. The molecule has 0 radical (unpaired) electrons. The number of benzene rings is 2. The molecule has 3 aliphatic carbocycles. The summed E-state index contributed by atoms with van der Waals surface area (Å²) in [5.41, 5.74) is 3.75. The lowest BCUT2D eigenvalue weighted by atomic mass is 9.57. The molecule has 14 heteroatoms. The molecule has 1 saturated carbocycles. The van der Waals surface area contributed by atoms with Crippen LogP contribution in [0.2, 0.25) is 0 Å². The zero-order valence-electron chi connectivity index (χ0n) is 22.9. The van der Waals surface area contributed by atoms with Gasteiger partial charge in [0.1, 0.15) is 22.8 Å². The summed E-state index contributed by atoms with van der Waals surface area (Å²) in [4.78, 5) is 50.7. The number of phenols is 1. The van der Waals surface area contributed by atoms with E-state index in [0.29, 0.717) is 16.7 Å². The van der Waals surface area contributed by atoms with Gasteiger partial charge >= 0.3 is 7.12 Å². The van der Waals surface area contributed by atoms with Crippen LogP contribution in [0.5, 0.6) is 5.75 Å². The molecule has 4 aliphatic rings. The van der Waals surface area contributed by atoms with Gasteiger partial charge in [-0.15, -0.1) is 0 Å². The maximum absolute atomic E-state index is 13.7. The SMILES string of the molecule is C[C@H]1c2ccc(NCC(=O)Nc3ccc4c(c3)B(O)OC4)c(O)c2C(O)=C2C(=O)[C@]3(O)C(O)=C(C(N)=O)C(=O)C[C@@H]3C[C@@H]21. The lowest BCUT2D eigenvalue weighted by molar-refractivity contribution is -0.148. The molecule has 0 saturated heterocycles. The van der Waals surface area contributed by atoms with Gasteiger partial charge in [-0.2, -0.15) is 0 Å². The molecule has 0 bridgehead atoms. The van der Waals surface area contributed by atoms with E-state index in [2.05, 4.69) is 10.6 Å². The van der Waals surface area contributed by atoms with Crippen molar-refractivity contribution in [2.24, 2.45) is 17.6 Å². The summed E-state index contributed by atoms with van der Waals surface area (Å²) in [5.74, 6) is -8.03. The van der Waals surface area contributed by atoms with Gasteiger partial charge < -0.3 is 46.5 Å². The van der Waals surface area contributed by atoms with Crippen molar-refractivity contribution in [2.75, 3.05) is 17.2 Å². The van der Waals surface area contributed by atoms with Crippen LogP contribution in [0.4, 0.5) is 11.4 Å². The molecule has 2 amide bonds. The van der Waals surface area contributed by atoms with Crippen LogP contribution in [0.25, 0.3) is 5.76 Å². The van der Waals surface area contributed by atoms with Crippen LogP contribution in [0, 0.1) is 11.8 Å². The summed E-state index contributed by atoms with van der Waals surface area (Å²) >= 11 is 0. The molecule has 0 unspecified atom stereocenters. The van der Waals surface area contributed by atoms with Gasteiger partial charge in [-0.25, -0.2) is 0 Å². The number of nitrogens with one attached hydrogen (secondary N) is 2. The Hall–Kier alpha value is -4.66. The number of carbonyl (C=O) groups is 4. The third-order valence-corrected chi connectivity index (χ3v) is 8.97. The standard InChI is InChI=1S/C29H28BN3O10/c1-11-15-4-5-18(32-9-20(35)33-14-3-2-12-10-43-30(42)17(12)8-14)24(36)21(15)25(37)22-16(11)6-13-7-19(34)23(28(31)40)27(39)29(13,41)26(22)38/h2-5,8,11,13,16,32,36-37,39,41-42H,6-7,9-10H2,1H3,(H2,31,40)(H,33,35)/t11-,13-,16+,29-/m0/s1. The number of primary amides is 1. The fourth-order valence-electron chi connectivity index (χ4n) is 6.73. The second-order valence-electron chi connectivity index (χ2n) is 11.3. The Morgan fingerprint density at radius 2 is 1.91 bits per heavy atom. The number of nitrogens with two attached hydrogens (primary N) is 1. The fourth-order valence-corrected chi connectivity index (χ4v) is 6.73. The first-order valence-electron chi connectivity index (χ1n) is 13.6. The highest BCUT2D eigenvalue weighted by Crippen LogP contribution is 2.56. The molecule has 222 valence electrons. The molecule has 2 aromatic carbocycles. The molecule has 6 rings (SSSR count). The number of carbonyl (C=O) groups excluding carboxylic acids is 4. The van der Waals surface area contributed by atoms with E-state index in [-0.39, 0.29) is 36.4 Å². The number of aromatic hydroxyl groups is 1. The van der Waals surface area contributed by atoms with Crippen LogP contribution in [0.15, 0.2) is 47.2 Å². The monoisotopic (exact) mass is 589 g/mol. The van der Waals surface area contributed by atoms with E-state index in [1.54, 1.807) is 31.2 Å². The first-order valence-corrected chi connectivity index (χ1v) is 13.6. The van der Waals surface area contributed by atoms with Crippen molar-refractivity contribution in [1.29, 1.82) is 0 Å². The molecule has 43 heavy (non-hydrogen) atoms. The summed E-state index contributed by atoms with van der Waals surface area (Å²) in [7, 11) is -1.07. The molecule has 9 N–H and O–H groups in total. The van der Waals surface area contributed by atoms with E-state index in [4.69, 9.17) is 10.4 Å². The zero-order chi connectivity index (χ0) is 31.0. The number of aliphatic hydroxyl groups is 3. The third-order valence-electron chi connectivity index (χ3n) is 8.97. The maximum Gasteiger partial charge on any atom is 0.491 e. The van der Waals surface area contributed by atoms with Crippen LogP contribution in [0.1, 0.15) is 42.4 Å². The first-order chi connectivity index (χ1) is 20.3. The summed E-state index contributed by atoms with van der Waals surface area (Å²) in [6, 6.07) is 8.16. The number of anilines is 2. The number of ketones is 2. The van der Waals surface area contributed by atoms with Gasteiger partial charge in [-0.1, -0.05) is 19.1 Å². The molecule has 4 atom stereocenters. The van der Waals surface area contributed by atoms with Crippen LogP contribution in [-0.2, 0) is 30.4 Å². The normalized spacial score (nSPS) is 26.0. The highest BCUT2D eigenvalue weighted by Gasteiger charge is 2.61. The summed E-state index contributed by atoms with van der Waals surface area (Å²) in [6.45, 7) is 1.74. The summed E-state index contributed by atoms with van der Waals surface area (Å²) in [5, 5.41) is 60.0. The molecule has 0 aromatic heterocycles. The van der Waals surface area contributed by atoms with Crippen molar-refractivity contribution in [3.05, 3.63) is 63.9 Å². The van der Waals surface area contributed by atoms with Crippen molar-refractivity contribution in [1.82, 2.24) is 0 Å². The Kier molecular flexibility index (Phi) is 6.60. The Balaban J connectivity index is 1.29. The van der Waals surface area contributed by atoms with Crippen molar-refractivity contribution in [3.63, 3.8) is 0 Å². The fraction of sp³-hybridized carbons (Fsp3) is 0.310. The lowest BCUT2D eigenvalue weighted by Gasteiger charge is -2.47. The van der Waals surface area contributed by atoms with Gasteiger partial charge in [0.2, 0.25) is 11.7 Å². The van der Waals surface area contributed by atoms with Gasteiger partial charge in [0.05, 0.1) is 24.4 Å². The van der Waals surface area contributed by atoms with Crippen molar-refractivity contribution < 1.29 is 49.3 Å². The predicted octanol–water partition coefficient (Wildman–Crippen LogP) is 0.253. The number of Topliss-reactive ketones (excluding diaryl/α,β-unsaturated/α-hetero) is 2. The smallest absolute Gasteiger partial charge is 0.491 e. The van der Waals surface area contributed by atoms with Crippen molar-refractivity contribution in [3.8, 4) is 5.75 Å². The largest absolute Gasteiger partial charge is 0.508 e. The topological polar surface area (TPSA) is 229 Å². The molecule has 0 spiro atoms. The predicted molar refractivity (Wildman–Crippen MR) is 152 cm³/mol. The quantitative estimate of drug-likeness (QED) is 0.134. The second kappa shape index (κ2) is 9.97. The molecular formula is C29H28BN3O10. The number of hydrogen-bond donors (Lipinski definition) is 8. The zero-order valence-corrected chi connectivity index (χ0v) is 22.9.